The quantitative estimate of drug-likeness (QED) is 0.549. The van der Waals surface area contributed by atoms with Crippen LogP contribution in [0.2, 0.25) is 5.02 Å². The molecule has 6 nitrogen and oxygen atoms in total. The summed E-state index contributed by atoms with van der Waals surface area (Å²) in [6.07, 6.45) is 7.84. The van der Waals surface area contributed by atoms with Gasteiger partial charge in [-0.25, -0.2) is 13.1 Å². The molecule has 0 saturated heterocycles. The Kier molecular flexibility index (Phi) is 4.76. The lowest BCUT2D eigenvalue weighted by Gasteiger charge is -2.59. The van der Waals surface area contributed by atoms with Crippen LogP contribution in [0.25, 0.3) is 0 Å². The molecule has 148 valence electrons. The summed E-state index contributed by atoms with van der Waals surface area (Å²) >= 11 is 6.09. The first-order valence-corrected chi connectivity index (χ1v) is 11.5. The lowest BCUT2D eigenvalue weighted by Crippen LogP contribution is -2.56. The molecule has 1 aromatic rings. The Balaban J connectivity index is 1.64. The topological polar surface area (TPSA) is 89.3 Å². The first-order chi connectivity index (χ1) is 12.7. The van der Waals surface area contributed by atoms with Gasteiger partial charge in [0.05, 0.1) is 9.95 Å². The van der Waals surface area contributed by atoms with Crippen LogP contribution in [0.5, 0.6) is 0 Å². The zero-order valence-corrected chi connectivity index (χ0v) is 16.9. The van der Waals surface area contributed by atoms with Crippen molar-refractivity contribution in [1.82, 2.24) is 4.72 Å². The molecule has 5 rings (SSSR count). The van der Waals surface area contributed by atoms with Crippen LogP contribution in [0.1, 0.15) is 51.9 Å². The highest BCUT2D eigenvalue weighted by Gasteiger charge is 2.54. The van der Waals surface area contributed by atoms with Crippen LogP contribution >= 0.6 is 11.6 Å². The van der Waals surface area contributed by atoms with E-state index >= 15 is 0 Å². The number of nitro benzene ring substituents is 1. The van der Waals surface area contributed by atoms with Gasteiger partial charge in [-0.05, 0) is 74.2 Å². The summed E-state index contributed by atoms with van der Waals surface area (Å²) in [5, 5.41) is 11.1. The van der Waals surface area contributed by atoms with E-state index in [0.717, 1.165) is 43.1 Å². The lowest BCUT2D eigenvalue weighted by molar-refractivity contribution is -0.385. The molecule has 1 atom stereocenters. The van der Waals surface area contributed by atoms with Crippen molar-refractivity contribution in [2.24, 2.45) is 23.2 Å². The number of nitrogens with zero attached hydrogens (tertiary/aromatic N) is 1. The van der Waals surface area contributed by atoms with Crippen molar-refractivity contribution >= 4 is 27.3 Å². The molecule has 8 heteroatoms. The standard InChI is InChI=1S/C19H25ClN2O4S/c1-2-18(19-9-12-5-13(10-19)7-14(6-12)11-19)21-27(25,26)17-8-15(22(23)24)3-4-16(17)20/h3-4,8,12-14,18,21H,2,5-7,9-11H2,1H3/t12?,13?,14?,18-,19?/m1/s1. The summed E-state index contributed by atoms with van der Waals surface area (Å²) < 4.78 is 29.0. The van der Waals surface area contributed by atoms with E-state index in [0.29, 0.717) is 6.42 Å². The zero-order valence-electron chi connectivity index (χ0n) is 15.4. The fourth-order valence-corrected chi connectivity index (χ4v) is 8.25. The van der Waals surface area contributed by atoms with Gasteiger partial charge in [0.2, 0.25) is 10.0 Å². The minimum atomic E-state index is -3.94. The van der Waals surface area contributed by atoms with Crippen LogP contribution in [-0.2, 0) is 10.0 Å². The van der Waals surface area contributed by atoms with E-state index in [-0.39, 0.29) is 27.1 Å². The number of non-ortho nitro benzene ring substituents is 1. The molecule has 4 fully saturated rings. The van der Waals surface area contributed by atoms with Crippen LogP contribution in [0.3, 0.4) is 0 Å². The van der Waals surface area contributed by atoms with Gasteiger partial charge in [-0.3, -0.25) is 10.1 Å². The van der Waals surface area contributed by atoms with Gasteiger partial charge in [0.15, 0.2) is 0 Å². The molecule has 27 heavy (non-hydrogen) atoms. The molecule has 4 aliphatic rings. The van der Waals surface area contributed by atoms with Crippen LogP contribution in [0.15, 0.2) is 23.1 Å². The smallest absolute Gasteiger partial charge is 0.258 e. The van der Waals surface area contributed by atoms with Crippen LogP contribution < -0.4 is 4.72 Å². The lowest BCUT2D eigenvalue weighted by atomic mass is 9.47. The van der Waals surface area contributed by atoms with E-state index in [1.807, 2.05) is 6.92 Å². The number of hydrogen-bond acceptors (Lipinski definition) is 4. The number of hydrogen-bond donors (Lipinski definition) is 1. The molecule has 0 aliphatic heterocycles. The molecule has 0 radical (unpaired) electrons. The number of benzene rings is 1. The van der Waals surface area contributed by atoms with Crippen LogP contribution in [0.4, 0.5) is 5.69 Å². The normalized spacial score (nSPS) is 33.2. The van der Waals surface area contributed by atoms with Gasteiger partial charge in [-0.2, -0.15) is 0 Å². The first-order valence-electron chi connectivity index (χ1n) is 9.68. The second kappa shape index (κ2) is 6.71. The fraction of sp³-hybridized carbons (Fsp3) is 0.684. The molecule has 0 unspecified atom stereocenters. The van der Waals surface area contributed by atoms with Gasteiger partial charge in [0.25, 0.3) is 5.69 Å². The van der Waals surface area contributed by atoms with E-state index in [9.17, 15) is 18.5 Å². The number of rotatable bonds is 6. The number of halogens is 1. The molecule has 1 aromatic carbocycles. The highest BCUT2D eigenvalue weighted by atomic mass is 35.5. The van der Waals surface area contributed by atoms with Crippen molar-refractivity contribution in [3.8, 4) is 0 Å². The predicted octanol–water partition coefficient (Wildman–Crippen LogP) is 4.52. The van der Waals surface area contributed by atoms with Crippen molar-refractivity contribution in [3.05, 3.63) is 33.3 Å². The number of nitrogens with one attached hydrogen (secondary N) is 1. The molecule has 4 saturated carbocycles. The second-order valence-electron chi connectivity index (χ2n) is 8.73. The number of sulfonamides is 1. The minimum absolute atomic E-state index is 0.00784. The second-order valence-corrected chi connectivity index (χ2v) is 10.8. The summed E-state index contributed by atoms with van der Waals surface area (Å²) in [5.41, 5.74) is -0.258. The maximum absolute atomic E-state index is 13.1. The Morgan fingerprint density at radius 2 is 1.78 bits per heavy atom. The van der Waals surface area contributed by atoms with Gasteiger partial charge >= 0.3 is 0 Å². The Labute approximate surface area is 164 Å². The van der Waals surface area contributed by atoms with Gasteiger partial charge in [-0.15, -0.1) is 0 Å². The molecule has 0 amide bonds. The van der Waals surface area contributed by atoms with E-state index in [4.69, 9.17) is 11.6 Å². The maximum Gasteiger partial charge on any atom is 0.270 e. The SMILES string of the molecule is CC[C@@H](NS(=O)(=O)c1cc([N+](=O)[O-])ccc1Cl)C12CC3CC(CC(C3)C1)C2. The van der Waals surface area contributed by atoms with Crippen molar-refractivity contribution < 1.29 is 13.3 Å². The highest BCUT2D eigenvalue weighted by molar-refractivity contribution is 7.89. The summed E-state index contributed by atoms with van der Waals surface area (Å²) in [7, 11) is -3.94. The van der Waals surface area contributed by atoms with E-state index in [2.05, 4.69) is 4.72 Å². The van der Waals surface area contributed by atoms with Crippen LogP contribution in [0, 0.1) is 33.3 Å². The molecular weight excluding hydrogens is 388 g/mol. The fourth-order valence-electron chi connectivity index (χ4n) is 6.31. The van der Waals surface area contributed by atoms with Crippen LogP contribution in [-0.4, -0.2) is 19.4 Å². The van der Waals surface area contributed by atoms with Gasteiger partial charge in [-0.1, -0.05) is 18.5 Å². The van der Waals surface area contributed by atoms with E-state index in [1.54, 1.807) is 0 Å². The third-order valence-corrected chi connectivity index (χ3v) is 8.90. The highest BCUT2D eigenvalue weighted by Crippen LogP contribution is 2.61. The third kappa shape index (κ3) is 3.38. The first kappa shape index (κ1) is 19.2. The van der Waals surface area contributed by atoms with Gasteiger partial charge in [0.1, 0.15) is 4.90 Å². The van der Waals surface area contributed by atoms with Crippen molar-refractivity contribution in [3.63, 3.8) is 0 Å². The van der Waals surface area contributed by atoms with Gasteiger partial charge in [0, 0.05) is 18.2 Å². The number of nitro groups is 1. The molecule has 4 bridgehead atoms. The molecule has 0 heterocycles. The van der Waals surface area contributed by atoms with Crippen molar-refractivity contribution in [1.29, 1.82) is 0 Å². The molecule has 4 aliphatic carbocycles. The zero-order chi connectivity index (χ0) is 19.4. The Bertz CT molecular complexity index is 835. The summed E-state index contributed by atoms with van der Waals surface area (Å²) in [6, 6.07) is 3.39. The van der Waals surface area contributed by atoms with Gasteiger partial charge < -0.3 is 0 Å². The summed E-state index contributed by atoms with van der Waals surface area (Å²) in [6.45, 7) is 2.01. The molecule has 0 aromatic heterocycles. The Morgan fingerprint density at radius 3 is 2.26 bits per heavy atom. The summed E-state index contributed by atoms with van der Waals surface area (Å²) in [4.78, 5) is 10.2. The van der Waals surface area contributed by atoms with E-state index in [1.165, 1.54) is 31.4 Å². The maximum atomic E-state index is 13.1. The van der Waals surface area contributed by atoms with E-state index < -0.39 is 14.9 Å². The average Bonchev–Trinajstić information content (AvgIpc) is 2.58. The predicted molar refractivity (Wildman–Crippen MR) is 103 cm³/mol. The molecular formula is C19H25ClN2O4S. The monoisotopic (exact) mass is 412 g/mol. The Morgan fingerprint density at radius 1 is 1.22 bits per heavy atom. The van der Waals surface area contributed by atoms with Crippen molar-refractivity contribution in [2.75, 3.05) is 0 Å². The Hall–Kier alpha value is -1.18. The third-order valence-electron chi connectivity index (χ3n) is 6.95. The molecule has 0 spiro atoms. The molecule has 1 N–H and O–H groups in total. The average molecular weight is 413 g/mol. The summed E-state index contributed by atoms with van der Waals surface area (Å²) in [5.74, 6) is 2.16. The minimum Gasteiger partial charge on any atom is -0.258 e. The van der Waals surface area contributed by atoms with Crippen molar-refractivity contribution in [2.45, 2.75) is 62.8 Å². The largest absolute Gasteiger partial charge is 0.270 e.